The zero-order valence-corrected chi connectivity index (χ0v) is 12.5. The summed E-state index contributed by atoms with van der Waals surface area (Å²) in [5.74, 6) is 0. The minimum absolute atomic E-state index is 0.206. The number of hydrogen-bond acceptors (Lipinski definition) is 5. The third kappa shape index (κ3) is 1.92. The van der Waals surface area contributed by atoms with Gasteiger partial charge in [0.05, 0.1) is 24.4 Å². The molecule has 0 bridgehead atoms. The summed E-state index contributed by atoms with van der Waals surface area (Å²) in [6.45, 7) is 9.88. The minimum Gasteiger partial charge on any atom is -0.399 e. The lowest BCUT2D eigenvalue weighted by molar-refractivity contribution is -0.101. The molecule has 1 aromatic rings. The Labute approximate surface area is 119 Å². The van der Waals surface area contributed by atoms with Gasteiger partial charge in [0, 0.05) is 24.4 Å². The normalized spacial score (nSPS) is 26.6. The first kappa shape index (κ1) is 14.1. The van der Waals surface area contributed by atoms with Gasteiger partial charge in [0.25, 0.3) is 0 Å². The summed E-state index contributed by atoms with van der Waals surface area (Å²) < 4.78 is 19.2. The quantitative estimate of drug-likeness (QED) is 0.780. The predicted octanol–water partition coefficient (Wildman–Crippen LogP) is -0.133. The number of ether oxygens (including phenoxy) is 1. The average Bonchev–Trinajstić information content (AvgIpc) is 2.83. The van der Waals surface area contributed by atoms with E-state index in [1.807, 2.05) is 38.6 Å². The highest BCUT2D eigenvalue weighted by Gasteiger charge is 2.52. The molecule has 0 atom stereocenters. The lowest BCUT2D eigenvalue weighted by Crippen LogP contribution is -2.57. The van der Waals surface area contributed by atoms with Gasteiger partial charge in [0.2, 0.25) is 0 Å². The number of aromatic nitrogens is 2. The molecule has 1 aromatic heterocycles. The smallest absolute Gasteiger partial charge is 0.399 e. The molecular formula is C13H22BN3O3. The van der Waals surface area contributed by atoms with Crippen molar-refractivity contribution in [3.05, 3.63) is 12.4 Å². The Balaban J connectivity index is 1.82. The maximum atomic E-state index is 6.02. The number of nitrogens with zero attached hydrogens (tertiary/aromatic N) is 2. The van der Waals surface area contributed by atoms with Crippen molar-refractivity contribution >= 4 is 12.6 Å². The van der Waals surface area contributed by atoms with Crippen molar-refractivity contribution < 1.29 is 14.0 Å². The fourth-order valence-corrected chi connectivity index (χ4v) is 2.38. The molecular weight excluding hydrogens is 257 g/mol. The van der Waals surface area contributed by atoms with E-state index in [1.165, 1.54) is 0 Å². The van der Waals surface area contributed by atoms with E-state index in [4.69, 9.17) is 19.8 Å². The molecule has 2 N–H and O–H groups in total. The highest BCUT2D eigenvalue weighted by atomic mass is 16.7. The van der Waals surface area contributed by atoms with Crippen LogP contribution in [0.25, 0.3) is 0 Å². The SMILES string of the molecule is CC1(C)OB(c2cnn(C3(CN)COC3)c2)OC1(C)C. The van der Waals surface area contributed by atoms with Crippen LogP contribution in [-0.4, -0.2) is 47.9 Å². The summed E-state index contributed by atoms with van der Waals surface area (Å²) in [5.41, 5.74) is 5.87. The van der Waals surface area contributed by atoms with E-state index in [0.717, 1.165) is 5.46 Å². The van der Waals surface area contributed by atoms with Gasteiger partial charge in [-0.25, -0.2) is 0 Å². The van der Waals surface area contributed by atoms with Crippen LogP contribution in [0.4, 0.5) is 0 Å². The van der Waals surface area contributed by atoms with E-state index in [1.54, 1.807) is 6.20 Å². The molecule has 2 saturated heterocycles. The van der Waals surface area contributed by atoms with Crippen LogP contribution in [0.15, 0.2) is 12.4 Å². The second kappa shape index (κ2) is 4.30. The largest absolute Gasteiger partial charge is 0.498 e. The van der Waals surface area contributed by atoms with Crippen molar-refractivity contribution in [3.8, 4) is 0 Å². The van der Waals surface area contributed by atoms with Crippen LogP contribution < -0.4 is 11.2 Å². The van der Waals surface area contributed by atoms with Crippen molar-refractivity contribution in [1.82, 2.24) is 9.78 Å². The van der Waals surface area contributed by atoms with Crippen LogP contribution in [0.5, 0.6) is 0 Å². The molecule has 2 aliphatic rings. The summed E-state index contributed by atoms with van der Waals surface area (Å²) in [4.78, 5) is 0. The third-order valence-electron chi connectivity index (χ3n) is 4.74. The maximum absolute atomic E-state index is 6.02. The first-order valence-corrected chi connectivity index (χ1v) is 6.98. The molecule has 0 amide bonds. The van der Waals surface area contributed by atoms with Gasteiger partial charge in [-0.15, -0.1) is 0 Å². The van der Waals surface area contributed by atoms with Crippen LogP contribution in [0.3, 0.4) is 0 Å². The van der Waals surface area contributed by atoms with Crippen molar-refractivity contribution in [1.29, 1.82) is 0 Å². The van der Waals surface area contributed by atoms with E-state index in [2.05, 4.69) is 5.10 Å². The molecule has 2 aliphatic heterocycles. The molecule has 0 unspecified atom stereocenters. The van der Waals surface area contributed by atoms with E-state index in [9.17, 15) is 0 Å². The first-order valence-electron chi connectivity index (χ1n) is 6.98. The van der Waals surface area contributed by atoms with E-state index >= 15 is 0 Å². The van der Waals surface area contributed by atoms with E-state index in [0.29, 0.717) is 19.8 Å². The topological polar surface area (TPSA) is 71.5 Å². The number of hydrogen-bond donors (Lipinski definition) is 1. The van der Waals surface area contributed by atoms with Crippen LogP contribution in [0, 0.1) is 0 Å². The summed E-state index contributed by atoms with van der Waals surface area (Å²) in [5, 5.41) is 4.42. The maximum Gasteiger partial charge on any atom is 0.498 e. The van der Waals surface area contributed by atoms with Crippen molar-refractivity contribution in [2.24, 2.45) is 5.73 Å². The molecule has 0 aliphatic carbocycles. The molecule has 0 aromatic carbocycles. The molecule has 110 valence electrons. The van der Waals surface area contributed by atoms with E-state index in [-0.39, 0.29) is 23.9 Å². The molecule has 0 saturated carbocycles. The monoisotopic (exact) mass is 279 g/mol. The molecule has 7 heteroatoms. The Bertz CT molecular complexity index is 489. The van der Waals surface area contributed by atoms with Crippen molar-refractivity contribution in [2.45, 2.75) is 44.4 Å². The fraction of sp³-hybridized carbons (Fsp3) is 0.769. The van der Waals surface area contributed by atoms with Crippen LogP contribution in [-0.2, 0) is 19.6 Å². The standard InChI is InChI=1S/C13H22BN3O3/c1-11(2)12(3,4)20-14(19-11)10-5-16-17(6-10)13(7-15)8-18-9-13/h5-6H,7-9,15H2,1-4H3. The Morgan fingerprint density at radius 3 is 2.30 bits per heavy atom. The zero-order chi connectivity index (χ0) is 14.6. The van der Waals surface area contributed by atoms with Gasteiger partial charge in [0.1, 0.15) is 5.54 Å². The second-order valence-corrected chi connectivity index (χ2v) is 6.73. The van der Waals surface area contributed by atoms with Gasteiger partial charge >= 0.3 is 7.12 Å². The van der Waals surface area contributed by atoms with Gasteiger partial charge in [0.15, 0.2) is 0 Å². The molecule has 0 radical (unpaired) electrons. The van der Waals surface area contributed by atoms with Gasteiger partial charge in [-0.05, 0) is 27.7 Å². The molecule has 20 heavy (non-hydrogen) atoms. The number of nitrogens with two attached hydrogens (primary N) is 1. The van der Waals surface area contributed by atoms with Crippen LogP contribution in [0.1, 0.15) is 27.7 Å². The predicted molar refractivity (Wildman–Crippen MR) is 75.8 cm³/mol. The van der Waals surface area contributed by atoms with Gasteiger partial charge in [-0.2, -0.15) is 5.10 Å². The summed E-state index contributed by atoms with van der Waals surface area (Å²) >= 11 is 0. The van der Waals surface area contributed by atoms with Crippen LogP contribution >= 0.6 is 0 Å². The van der Waals surface area contributed by atoms with Crippen LogP contribution in [0.2, 0.25) is 0 Å². The van der Waals surface area contributed by atoms with Gasteiger partial charge in [-0.3, -0.25) is 4.68 Å². The Kier molecular flexibility index (Phi) is 3.03. The van der Waals surface area contributed by atoms with Gasteiger partial charge < -0.3 is 19.8 Å². The number of rotatable bonds is 3. The molecule has 2 fully saturated rings. The summed E-state index contributed by atoms with van der Waals surface area (Å²) in [6.07, 6.45) is 3.75. The first-order chi connectivity index (χ1) is 9.30. The highest BCUT2D eigenvalue weighted by molar-refractivity contribution is 6.62. The van der Waals surface area contributed by atoms with Crippen molar-refractivity contribution in [2.75, 3.05) is 19.8 Å². The molecule has 3 heterocycles. The zero-order valence-electron chi connectivity index (χ0n) is 12.5. The Hall–Kier alpha value is -0.885. The highest BCUT2D eigenvalue weighted by Crippen LogP contribution is 2.36. The Morgan fingerprint density at radius 2 is 1.85 bits per heavy atom. The minimum atomic E-state index is -0.385. The van der Waals surface area contributed by atoms with E-state index < -0.39 is 0 Å². The molecule has 6 nitrogen and oxygen atoms in total. The third-order valence-corrected chi connectivity index (χ3v) is 4.74. The fourth-order valence-electron chi connectivity index (χ4n) is 2.38. The average molecular weight is 279 g/mol. The lowest BCUT2D eigenvalue weighted by atomic mass is 9.81. The molecule has 0 spiro atoms. The second-order valence-electron chi connectivity index (χ2n) is 6.73. The van der Waals surface area contributed by atoms with Crippen molar-refractivity contribution in [3.63, 3.8) is 0 Å². The summed E-state index contributed by atoms with van der Waals surface area (Å²) in [7, 11) is -0.385. The van der Waals surface area contributed by atoms with Gasteiger partial charge in [-0.1, -0.05) is 0 Å². The molecule has 3 rings (SSSR count). The summed E-state index contributed by atoms with van der Waals surface area (Å²) in [6, 6.07) is 0. The lowest BCUT2D eigenvalue weighted by Gasteiger charge is -2.40. The Morgan fingerprint density at radius 1 is 1.25 bits per heavy atom.